The number of rotatable bonds is 3. The first-order chi connectivity index (χ1) is 9.84. The van der Waals surface area contributed by atoms with Gasteiger partial charge in [-0.3, -0.25) is 0 Å². The van der Waals surface area contributed by atoms with Gasteiger partial charge in [-0.05, 0) is 19.1 Å². The topological polar surface area (TPSA) is 41.9 Å². The lowest BCUT2D eigenvalue weighted by Gasteiger charge is -2.22. The number of alkyl halides is 3. The number of halogens is 4. The van der Waals surface area contributed by atoms with Crippen LogP contribution < -0.4 is 5.01 Å². The van der Waals surface area contributed by atoms with E-state index in [9.17, 15) is 18.0 Å². The van der Waals surface area contributed by atoms with E-state index in [0.29, 0.717) is 0 Å². The van der Waals surface area contributed by atoms with E-state index < -0.39 is 30.3 Å². The zero-order valence-corrected chi connectivity index (χ0v) is 11.8. The number of ether oxygens (including phenoxy) is 1. The minimum atomic E-state index is -4.60. The van der Waals surface area contributed by atoms with Gasteiger partial charge >= 0.3 is 12.1 Å². The quantitative estimate of drug-likeness (QED) is 0.802. The molecule has 0 fully saturated rings. The molecule has 8 heteroatoms. The van der Waals surface area contributed by atoms with Crippen LogP contribution in [0.1, 0.15) is 13.3 Å². The van der Waals surface area contributed by atoms with Gasteiger partial charge in [0.15, 0.2) is 6.04 Å². The summed E-state index contributed by atoms with van der Waals surface area (Å²) in [5, 5.41) is 4.70. The molecule has 1 unspecified atom stereocenters. The number of anilines is 1. The van der Waals surface area contributed by atoms with Crippen LogP contribution in [-0.4, -0.2) is 30.5 Å². The van der Waals surface area contributed by atoms with Crippen LogP contribution in [0.3, 0.4) is 0 Å². The molecule has 21 heavy (non-hydrogen) atoms. The van der Waals surface area contributed by atoms with Gasteiger partial charge in [0.05, 0.1) is 17.3 Å². The van der Waals surface area contributed by atoms with Gasteiger partial charge in [-0.1, -0.05) is 23.7 Å². The van der Waals surface area contributed by atoms with Gasteiger partial charge in [0.1, 0.15) is 5.71 Å². The molecule has 0 aromatic heterocycles. The normalized spacial score (nSPS) is 18.6. The van der Waals surface area contributed by atoms with Crippen molar-refractivity contribution >= 4 is 29.0 Å². The van der Waals surface area contributed by atoms with Crippen LogP contribution in [0, 0.1) is 0 Å². The van der Waals surface area contributed by atoms with Crippen LogP contribution >= 0.6 is 11.6 Å². The van der Waals surface area contributed by atoms with Gasteiger partial charge in [-0.15, -0.1) is 0 Å². The zero-order chi connectivity index (χ0) is 15.6. The summed E-state index contributed by atoms with van der Waals surface area (Å²) in [4.78, 5) is 11.9. The Labute approximate surface area is 124 Å². The van der Waals surface area contributed by atoms with Crippen LogP contribution in [0.2, 0.25) is 5.02 Å². The summed E-state index contributed by atoms with van der Waals surface area (Å²) in [6.07, 6.45) is -5.16. The third-order valence-electron chi connectivity index (χ3n) is 2.90. The van der Waals surface area contributed by atoms with E-state index in [4.69, 9.17) is 16.3 Å². The van der Waals surface area contributed by atoms with E-state index in [-0.39, 0.29) is 17.3 Å². The third kappa shape index (κ3) is 3.29. The van der Waals surface area contributed by atoms with Gasteiger partial charge in [-0.25, -0.2) is 9.80 Å². The molecule has 1 aliphatic heterocycles. The molecule has 0 radical (unpaired) electrons. The largest absolute Gasteiger partial charge is 0.464 e. The van der Waals surface area contributed by atoms with Crippen LogP contribution in [-0.2, 0) is 9.53 Å². The van der Waals surface area contributed by atoms with Crippen LogP contribution in [0.15, 0.2) is 29.4 Å². The van der Waals surface area contributed by atoms with Crippen molar-refractivity contribution in [1.29, 1.82) is 0 Å². The summed E-state index contributed by atoms with van der Waals surface area (Å²) < 4.78 is 43.3. The molecule has 0 amide bonds. The van der Waals surface area contributed by atoms with Crippen LogP contribution in [0.4, 0.5) is 18.9 Å². The van der Waals surface area contributed by atoms with Gasteiger partial charge < -0.3 is 4.74 Å². The van der Waals surface area contributed by atoms with Crippen molar-refractivity contribution in [3.05, 3.63) is 29.3 Å². The number of benzene rings is 1. The number of carbonyl (C=O) groups excluding carboxylic acids is 1. The maximum absolute atomic E-state index is 12.8. The van der Waals surface area contributed by atoms with E-state index in [2.05, 4.69) is 5.10 Å². The number of hydrogen-bond donors (Lipinski definition) is 0. The van der Waals surface area contributed by atoms with Gasteiger partial charge in [-0.2, -0.15) is 18.3 Å². The van der Waals surface area contributed by atoms with Gasteiger partial charge in [0, 0.05) is 6.42 Å². The lowest BCUT2D eigenvalue weighted by Crippen LogP contribution is -2.36. The average Bonchev–Trinajstić information content (AvgIpc) is 2.84. The molecule has 0 aliphatic carbocycles. The van der Waals surface area contributed by atoms with Crippen molar-refractivity contribution in [3.8, 4) is 0 Å². The summed E-state index contributed by atoms with van der Waals surface area (Å²) in [5.41, 5.74) is -0.794. The molecule has 1 heterocycles. The predicted molar refractivity (Wildman–Crippen MR) is 72.5 cm³/mol. The van der Waals surface area contributed by atoms with E-state index in [1.807, 2.05) is 0 Å². The van der Waals surface area contributed by atoms with Crippen molar-refractivity contribution in [2.24, 2.45) is 5.10 Å². The van der Waals surface area contributed by atoms with Crippen molar-refractivity contribution < 1.29 is 22.7 Å². The first-order valence-corrected chi connectivity index (χ1v) is 6.57. The van der Waals surface area contributed by atoms with Crippen molar-refractivity contribution in [1.82, 2.24) is 0 Å². The van der Waals surface area contributed by atoms with E-state index in [1.165, 1.54) is 12.1 Å². The molecule has 0 bridgehead atoms. The van der Waals surface area contributed by atoms with Crippen LogP contribution in [0.5, 0.6) is 0 Å². The van der Waals surface area contributed by atoms with E-state index >= 15 is 0 Å². The number of esters is 1. The Bertz CT molecular complexity index is 575. The summed E-state index contributed by atoms with van der Waals surface area (Å²) in [6.45, 7) is 1.66. The van der Waals surface area contributed by atoms with Gasteiger partial charge in [0.25, 0.3) is 0 Å². The Morgan fingerprint density at radius 3 is 2.71 bits per heavy atom. The summed E-state index contributed by atoms with van der Waals surface area (Å²) in [7, 11) is 0. The maximum Gasteiger partial charge on any atom is 0.431 e. The SMILES string of the molecule is CCOC(=O)C1CC(C(F)(F)F)=NN1c1ccccc1Cl. The minimum absolute atomic E-state index is 0.0764. The number of hydrogen-bond acceptors (Lipinski definition) is 4. The molecule has 1 atom stereocenters. The molecular formula is C13H12ClF3N2O2. The molecule has 0 saturated carbocycles. The minimum Gasteiger partial charge on any atom is -0.464 e. The Morgan fingerprint density at radius 1 is 1.48 bits per heavy atom. The monoisotopic (exact) mass is 320 g/mol. The van der Waals surface area contributed by atoms with E-state index in [0.717, 1.165) is 5.01 Å². The fourth-order valence-electron chi connectivity index (χ4n) is 1.96. The molecule has 1 aromatic carbocycles. The predicted octanol–water partition coefficient (Wildman–Crippen LogP) is 3.40. The highest BCUT2D eigenvalue weighted by atomic mass is 35.5. The molecule has 1 aliphatic rings. The highest BCUT2D eigenvalue weighted by Crippen LogP contribution is 2.35. The molecule has 0 saturated heterocycles. The molecular weight excluding hydrogens is 309 g/mol. The van der Waals surface area contributed by atoms with Crippen molar-refractivity contribution in [3.63, 3.8) is 0 Å². The first kappa shape index (κ1) is 15.6. The zero-order valence-electron chi connectivity index (χ0n) is 11.0. The molecule has 4 nitrogen and oxygen atoms in total. The Kier molecular flexibility index (Phi) is 4.41. The Morgan fingerprint density at radius 2 is 2.14 bits per heavy atom. The summed E-state index contributed by atoms with van der Waals surface area (Å²) in [6, 6.07) is 5.08. The highest BCUT2D eigenvalue weighted by molar-refractivity contribution is 6.33. The van der Waals surface area contributed by atoms with Crippen molar-refractivity contribution in [2.75, 3.05) is 11.6 Å². The lowest BCUT2D eigenvalue weighted by molar-refractivity contribution is -0.144. The number of para-hydroxylation sites is 1. The van der Waals surface area contributed by atoms with Gasteiger partial charge in [0.2, 0.25) is 0 Å². The number of carbonyl (C=O) groups is 1. The lowest BCUT2D eigenvalue weighted by atomic mass is 10.1. The van der Waals surface area contributed by atoms with Crippen LogP contribution in [0.25, 0.3) is 0 Å². The summed E-state index contributed by atoms with van der Waals surface area (Å²) in [5.74, 6) is -0.764. The fourth-order valence-corrected chi connectivity index (χ4v) is 2.19. The van der Waals surface area contributed by atoms with E-state index in [1.54, 1.807) is 19.1 Å². The standard InChI is InChI=1S/C13H12ClF3N2O2/c1-2-21-12(20)10-7-11(13(15,16)17)18-19(10)9-6-4-3-5-8(9)14/h3-6,10H,2,7H2,1H3. The molecule has 114 valence electrons. The Hall–Kier alpha value is -1.76. The number of hydrazone groups is 1. The Balaban J connectivity index is 2.39. The first-order valence-electron chi connectivity index (χ1n) is 6.19. The second kappa shape index (κ2) is 5.93. The molecule has 2 rings (SSSR count). The fraction of sp³-hybridized carbons (Fsp3) is 0.385. The molecule has 0 N–H and O–H groups in total. The molecule has 1 aromatic rings. The highest BCUT2D eigenvalue weighted by Gasteiger charge is 2.46. The molecule has 0 spiro atoms. The maximum atomic E-state index is 12.8. The average molecular weight is 321 g/mol. The summed E-state index contributed by atoms with van der Waals surface area (Å²) >= 11 is 5.97. The third-order valence-corrected chi connectivity index (χ3v) is 3.22. The smallest absolute Gasteiger partial charge is 0.431 e. The van der Waals surface area contributed by atoms with Crippen molar-refractivity contribution in [2.45, 2.75) is 25.6 Å². The number of nitrogens with zero attached hydrogens (tertiary/aromatic N) is 2. The second-order valence-electron chi connectivity index (χ2n) is 4.31. The second-order valence-corrected chi connectivity index (χ2v) is 4.72.